The summed E-state index contributed by atoms with van der Waals surface area (Å²) in [5, 5.41) is 2.72. The molecule has 1 aromatic carbocycles. The number of nitrogens with one attached hydrogen (secondary N) is 1. The summed E-state index contributed by atoms with van der Waals surface area (Å²) in [7, 11) is -0.577. The number of nitrogens with zero attached hydrogens (tertiary/aromatic N) is 1. The smallest absolute Gasteiger partial charge is 0.253 e. The molecule has 1 fully saturated rings. The number of ether oxygens (including phenoxy) is 1. The molecule has 1 aliphatic rings. The number of amides is 1. The van der Waals surface area contributed by atoms with Crippen molar-refractivity contribution in [1.29, 1.82) is 0 Å². The van der Waals surface area contributed by atoms with Gasteiger partial charge < -0.3 is 10.1 Å². The predicted molar refractivity (Wildman–Crippen MR) is 75.0 cm³/mol. The van der Waals surface area contributed by atoms with Gasteiger partial charge in [-0.2, -0.15) is 0 Å². The fourth-order valence-corrected chi connectivity index (χ4v) is 2.69. The zero-order chi connectivity index (χ0) is 14.9. The van der Waals surface area contributed by atoms with Crippen molar-refractivity contribution in [2.24, 2.45) is 0 Å². The maximum absolute atomic E-state index is 12.1. The molecule has 0 aromatic heterocycles. The fourth-order valence-electron chi connectivity index (χ4n) is 1.76. The highest BCUT2D eigenvalue weighted by Gasteiger charge is 2.27. The van der Waals surface area contributed by atoms with Gasteiger partial charge in [0.05, 0.1) is 11.5 Å². The zero-order valence-electron chi connectivity index (χ0n) is 11.7. The monoisotopic (exact) mass is 298 g/mol. The summed E-state index contributed by atoms with van der Waals surface area (Å²) in [6.45, 7) is 2.40. The second-order valence-corrected chi connectivity index (χ2v) is 7.05. The molecule has 1 N–H and O–H groups in total. The van der Waals surface area contributed by atoms with E-state index in [0.717, 1.165) is 9.87 Å². The van der Waals surface area contributed by atoms with Crippen molar-refractivity contribution in [1.82, 2.24) is 4.31 Å². The molecule has 1 saturated heterocycles. The highest BCUT2D eigenvalue weighted by molar-refractivity contribution is 7.89. The molecule has 20 heavy (non-hydrogen) atoms. The van der Waals surface area contributed by atoms with Crippen LogP contribution in [0.3, 0.4) is 0 Å². The molecule has 6 nitrogen and oxygen atoms in total. The van der Waals surface area contributed by atoms with E-state index in [9.17, 15) is 13.2 Å². The standard InChI is InChI=1S/C13H18N2O4S/c1-9-4-5-10(20(17,18)15(2)3)8-11(9)14-13(16)12-6-7-19-12/h4-5,8,12H,6-7H2,1-3H3,(H,14,16)/t12-/m0/s1. The summed E-state index contributed by atoms with van der Waals surface area (Å²) in [6.07, 6.45) is 0.268. The topological polar surface area (TPSA) is 75.7 Å². The van der Waals surface area contributed by atoms with Crippen LogP contribution in [0.2, 0.25) is 0 Å². The summed E-state index contributed by atoms with van der Waals surface area (Å²) in [4.78, 5) is 12.0. The number of carbonyl (C=O) groups is 1. The minimum absolute atomic E-state index is 0.151. The molecular formula is C13H18N2O4S. The van der Waals surface area contributed by atoms with Crippen molar-refractivity contribution in [2.75, 3.05) is 26.0 Å². The largest absolute Gasteiger partial charge is 0.368 e. The maximum atomic E-state index is 12.1. The Morgan fingerprint density at radius 3 is 2.55 bits per heavy atom. The predicted octanol–water partition coefficient (Wildman–Crippen LogP) is 0.973. The summed E-state index contributed by atoms with van der Waals surface area (Å²) in [6, 6.07) is 4.68. The molecule has 0 unspecified atom stereocenters. The Balaban J connectivity index is 2.27. The number of carbonyl (C=O) groups excluding carboxylic acids is 1. The molecular weight excluding hydrogens is 280 g/mol. The first-order valence-corrected chi connectivity index (χ1v) is 7.72. The lowest BCUT2D eigenvalue weighted by atomic mass is 10.1. The van der Waals surface area contributed by atoms with Crippen LogP contribution in [0.25, 0.3) is 0 Å². The van der Waals surface area contributed by atoms with Crippen molar-refractivity contribution in [3.8, 4) is 0 Å². The Morgan fingerprint density at radius 1 is 1.40 bits per heavy atom. The molecule has 0 aliphatic carbocycles. The van der Waals surface area contributed by atoms with Gasteiger partial charge in [0.15, 0.2) is 0 Å². The highest BCUT2D eigenvalue weighted by atomic mass is 32.2. The van der Waals surface area contributed by atoms with Crippen molar-refractivity contribution < 1.29 is 17.9 Å². The molecule has 7 heteroatoms. The van der Waals surface area contributed by atoms with Gasteiger partial charge in [0.2, 0.25) is 10.0 Å². The molecule has 0 radical (unpaired) electrons. The summed E-state index contributed by atoms with van der Waals surface area (Å²) >= 11 is 0. The molecule has 0 spiro atoms. The average Bonchev–Trinajstić information content (AvgIpc) is 2.29. The van der Waals surface area contributed by atoms with E-state index in [1.54, 1.807) is 6.07 Å². The van der Waals surface area contributed by atoms with Gasteiger partial charge in [-0.25, -0.2) is 12.7 Å². The molecule has 2 rings (SSSR count). The van der Waals surface area contributed by atoms with Gasteiger partial charge in [-0.1, -0.05) is 6.07 Å². The molecule has 0 saturated carbocycles. The molecule has 1 aromatic rings. The SMILES string of the molecule is Cc1ccc(S(=O)(=O)N(C)C)cc1NC(=O)[C@@H]1CCO1. The van der Waals surface area contributed by atoms with Gasteiger partial charge in [0.25, 0.3) is 5.91 Å². The van der Waals surface area contributed by atoms with E-state index in [4.69, 9.17) is 4.74 Å². The minimum atomic E-state index is -3.51. The van der Waals surface area contributed by atoms with E-state index in [2.05, 4.69) is 5.32 Å². The summed E-state index contributed by atoms with van der Waals surface area (Å²) in [5.74, 6) is -0.237. The van der Waals surface area contributed by atoms with Gasteiger partial charge in [0.1, 0.15) is 6.10 Å². The van der Waals surface area contributed by atoms with Crippen LogP contribution in [0.15, 0.2) is 23.1 Å². The van der Waals surface area contributed by atoms with Gasteiger partial charge >= 0.3 is 0 Å². The molecule has 1 atom stereocenters. The van der Waals surface area contributed by atoms with Crippen LogP contribution >= 0.6 is 0 Å². The number of hydrogen-bond acceptors (Lipinski definition) is 4. The fraction of sp³-hybridized carbons (Fsp3) is 0.462. The minimum Gasteiger partial charge on any atom is -0.368 e. The Morgan fingerprint density at radius 2 is 2.05 bits per heavy atom. The summed E-state index contributed by atoms with van der Waals surface area (Å²) < 4.78 is 30.4. The van der Waals surface area contributed by atoms with E-state index in [1.165, 1.54) is 26.2 Å². The van der Waals surface area contributed by atoms with Crippen LogP contribution in [-0.4, -0.2) is 45.4 Å². The number of aryl methyl sites for hydroxylation is 1. The lowest BCUT2D eigenvalue weighted by molar-refractivity contribution is -0.139. The van der Waals surface area contributed by atoms with Crippen LogP contribution < -0.4 is 5.32 Å². The van der Waals surface area contributed by atoms with E-state index in [1.807, 2.05) is 6.92 Å². The van der Waals surface area contributed by atoms with Crippen LogP contribution in [0, 0.1) is 6.92 Å². The normalized spacial score (nSPS) is 18.7. The Labute approximate surface area is 118 Å². The quantitative estimate of drug-likeness (QED) is 0.899. The Bertz CT molecular complexity index is 621. The van der Waals surface area contributed by atoms with Crippen LogP contribution in [0.1, 0.15) is 12.0 Å². The third kappa shape index (κ3) is 2.84. The van der Waals surface area contributed by atoms with Crippen LogP contribution in [0.5, 0.6) is 0 Å². The third-order valence-corrected chi connectivity index (χ3v) is 5.05. The number of sulfonamides is 1. The lowest BCUT2D eigenvalue weighted by Crippen LogP contribution is -2.39. The second-order valence-electron chi connectivity index (χ2n) is 4.90. The first kappa shape index (κ1) is 15.0. The number of benzene rings is 1. The lowest BCUT2D eigenvalue weighted by Gasteiger charge is -2.25. The Kier molecular flexibility index (Phi) is 4.12. The third-order valence-electron chi connectivity index (χ3n) is 3.24. The van der Waals surface area contributed by atoms with Gasteiger partial charge in [-0.3, -0.25) is 4.79 Å². The maximum Gasteiger partial charge on any atom is 0.253 e. The van der Waals surface area contributed by atoms with Crippen molar-refractivity contribution in [2.45, 2.75) is 24.3 Å². The van der Waals surface area contributed by atoms with E-state index in [0.29, 0.717) is 18.7 Å². The van der Waals surface area contributed by atoms with Crippen molar-refractivity contribution >= 4 is 21.6 Å². The van der Waals surface area contributed by atoms with Gasteiger partial charge in [-0.05, 0) is 24.6 Å². The van der Waals surface area contributed by atoms with E-state index in [-0.39, 0.29) is 10.8 Å². The molecule has 1 aliphatic heterocycles. The van der Waals surface area contributed by atoms with Crippen LogP contribution in [-0.2, 0) is 19.6 Å². The number of anilines is 1. The van der Waals surface area contributed by atoms with Crippen molar-refractivity contribution in [3.05, 3.63) is 23.8 Å². The molecule has 110 valence electrons. The first-order chi connectivity index (χ1) is 9.32. The number of hydrogen-bond donors (Lipinski definition) is 1. The van der Waals surface area contributed by atoms with Crippen LogP contribution in [0.4, 0.5) is 5.69 Å². The van der Waals surface area contributed by atoms with E-state index < -0.39 is 16.1 Å². The highest BCUT2D eigenvalue weighted by Crippen LogP contribution is 2.23. The number of rotatable bonds is 4. The average molecular weight is 298 g/mol. The summed E-state index contributed by atoms with van der Waals surface area (Å²) in [5.41, 5.74) is 1.30. The van der Waals surface area contributed by atoms with Crippen molar-refractivity contribution in [3.63, 3.8) is 0 Å². The van der Waals surface area contributed by atoms with Gasteiger partial charge in [0, 0.05) is 26.2 Å². The Hall–Kier alpha value is -1.44. The molecule has 1 heterocycles. The first-order valence-electron chi connectivity index (χ1n) is 6.28. The molecule has 1 amide bonds. The van der Waals surface area contributed by atoms with Gasteiger partial charge in [-0.15, -0.1) is 0 Å². The second kappa shape index (κ2) is 5.51. The van der Waals surface area contributed by atoms with E-state index >= 15 is 0 Å². The molecule has 0 bridgehead atoms. The zero-order valence-corrected chi connectivity index (χ0v) is 12.5.